The number of para-hydroxylation sites is 1. The van der Waals surface area contributed by atoms with E-state index in [-0.39, 0.29) is 6.42 Å². The van der Waals surface area contributed by atoms with Gasteiger partial charge in [-0.05, 0) is 43.2 Å². The van der Waals surface area contributed by atoms with Crippen LogP contribution in [0.4, 0.5) is 20.2 Å². The summed E-state index contributed by atoms with van der Waals surface area (Å²) in [5.74, 6) is -2.01. The summed E-state index contributed by atoms with van der Waals surface area (Å²) in [6.45, 7) is 4.38. The van der Waals surface area contributed by atoms with E-state index in [2.05, 4.69) is 10.6 Å². The van der Waals surface area contributed by atoms with E-state index in [1.54, 1.807) is 0 Å². The predicted molar refractivity (Wildman–Crippen MR) is 84.0 cm³/mol. The van der Waals surface area contributed by atoms with Gasteiger partial charge >= 0.3 is 0 Å². The van der Waals surface area contributed by atoms with Crippen molar-refractivity contribution >= 4 is 17.3 Å². The first-order chi connectivity index (χ1) is 10.5. The molecule has 0 spiro atoms. The highest BCUT2D eigenvalue weighted by Crippen LogP contribution is 2.19. The molecule has 2 aromatic rings. The number of aryl methyl sites for hydroxylation is 1. The van der Waals surface area contributed by atoms with E-state index in [4.69, 9.17) is 0 Å². The Morgan fingerprint density at radius 3 is 2.36 bits per heavy atom. The zero-order valence-electron chi connectivity index (χ0n) is 12.5. The van der Waals surface area contributed by atoms with E-state index in [0.717, 1.165) is 28.9 Å². The Balaban J connectivity index is 1.90. The number of hydrogen-bond acceptors (Lipinski definition) is 2. The zero-order chi connectivity index (χ0) is 16.1. The van der Waals surface area contributed by atoms with E-state index >= 15 is 0 Å². The van der Waals surface area contributed by atoms with E-state index < -0.39 is 23.2 Å². The molecule has 0 aliphatic heterocycles. The molecule has 0 saturated heterocycles. The van der Waals surface area contributed by atoms with Crippen molar-refractivity contribution in [3.05, 3.63) is 59.2 Å². The van der Waals surface area contributed by atoms with Gasteiger partial charge in [0.25, 0.3) is 0 Å². The maximum atomic E-state index is 13.4. The Labute approximate surface area is 128 Å². The van der Waals surface area contributed by atoms with Gasteiger partial charge < -0.3 is 10.6 Å². The topological polar surface area (TPSA) is 41.1 Å². The number of anilines is 2. The number of benzene rings is 2. The number of nitrogens with one attached hydrogen (secondary N) is 2. The highest BCUT2D eigenvalue weighted by atomic mass is 19.1. The molecule has 2 aromatic carbocycles. The van der Waals surface area contributed by atoms with E-state index in [0.29, 0.717) is 6.54 Å². The summed E-state index contributed by atoms with van der Waals surface area (Å²) in [7, 11) is 0. The molecule has 0 bridgehead atoms. The lowest BCUT2D eigenvalue weighted by atomic mass is 10.1. The lowest BCUT2D eigenvalue weighted by Crippen LogP contribution is -2.18. The quantitative estimate of drug-likeness (QED) is 0.876. The first kappa shape index (κ1) is 15.9. The molecule has 3 nitrogen and oxygen atoms in total. The fraction of sp³-hybridized carbons (Fsp3) is 0.235. The number of carbonyl (C=O) groups excluding carboxylic acids is 1. The summed E-state index contributed by atoms with van der Waals surface area (Å²) in [6.07, 6.45) is 0.112. The van der Waals surface area contributed by atoms with Crippen LogP contribution in [0.3, 0.4) is 0 Å². The van der Waals surface area contributed by atoms with Crippen LogP contribution < -0.4 is 10.6 Å². The van der Waals surface area contributed by atoms with Gasteiger partial charge in [-0.15, -0.1) is 0 Å². The molecule has 0 aromatic heterocycles. The SMILES string of the molecule is Cc1cccc(NCCC(=O)Nc2c(F)cccc2F)c1C. The molecule has 22 heavy (non-hydrogen) atoms. The van der Waals surface area contributed by atoms with Crippen LogP contribution in [0, 0.1) is 25.5 Å². The Bertz CT molecular complexity index is 666. The minimum absolute atomic E-state index is 0.112. The van der Waals surface area contributed by atoms with Crippen LogP contribution in [-0.2, 0) is 4.79 Å². The van der Waals surface area contributed by atoms with Crippen LogP contribution in [0.1, 0.15) is 17.5 Å². The molecule has 2 N–H and O–H groups in total. The zero-order valence-corrected chi connectivity index (χ0v) is 12.5. The Morgan fingerprint density at radius 1 is 1.05 bits per heavy atom. The molecule has 2 rings (SSSR count). The lowest BCUT2D eigenvalue weighted by Gasteiger charge is -2.12. The van der Waals surface area contributed by atoms with Crippen LogP contribution in [0.5, 0.6) is 0 Å². The molecule has 1 amide bonds. The summed E-state index contributed by atoms with van der Waals surface area (Å²) < 4.78 is 26.8. The van der Waals surface area contributed by atoms with Crippen LogP contribution >= 0.6 is 0 Å². The smallest absolute Gasteiger partial charge is 0.226 e. The van der Waals surface area contributed by atoms with Gasteiger partial charge in [0.05, 0.1) is 0 Å². The summed E-state index contributed by atoms with van der Waals surface area (Å²) in [5, 5.41) is 5.41. The Kier molecular flexibility index (Phi) is 5.09. The number of hydrogen-bond donors (Lipinski definition) is 2. The minimum atomic E-state index is -0.782. The molecule has 0 aliphatic rings. The third kappa shape index (κ3) is 3.81. The molecule has 0 atom stereocenters. The van der Waals surface area contributed by atoms with Gasteiger partial charge in [0.1, 0.15) is 17.3 Å². The Hall–Kier alpha value is -2.43. The average molecular weight is 304 g/mol. The molecular formula is C17H18F2N2O. The standard InChI is InChI=1S/C17H18F2N2O/c1-11-5-3-8-15(12(11)2)20-10-9-16(22)21-17-13(18)6-4-7-14(17)19/h3-8,20H,9-10H2,1-2H3,(H,21,22). The average Bonchev–Trinajstić information content (AvgIpc) is 2.47. The monoisotopic (exact) mass is 304 g/mol. The molecule has 0 heterocycles. The van der Waals surface area contributed by atoms with E-state index in [9.17, 15) is 13.6 Å². The summed E-state index contributed by atoms with van der Waals surface area (Å²) in [4.78, 5) is 11.8. The summed E-state index contributed by atoms with van der Waals surface area (Å²) in [6, 6.07) is 9.33. The van der Waals surface area contributed by atoms with Gasteiger partial charge in [0, 0.05) is 18.7 Å². The van der Waals surface area contributed by atoms with Crippen LogP contribution in [-0.4, -0.2) is 12.5 Å². The van der Waals surface area contributed by atoms with E-state index in [1.807, 2.05) is 32.0 Å². The second-order valence-corrected chi connectivity index (χ2v) is 5.07. The molecule has 0 fully saturated rings. The molecule has 5 heteroatoms. The van der Waals surface area contributed by atoms with Gasteiger partial charge in [-0.2, -0.15) is 0 Å². The fourth-order valence-corrected chi connectivity index (χ4v) is 2.07. The maximum Gasteiger partial charge on any atom is 0.226 e. The Morgan fingerprint density at radius 2 is 1.68 bits per heavy atom. The normalized spacial score (nSPS) is 10.4. The number of carbonyl (C=O) groups is 1. The maximum absolute atomic E-state index is 13.4. The first-order valence-electron chi connectivity index (χ1n) is 7.03. The van der Waals surface area contributed by atoms with Gasteiger partial charge in [0.2, 0.25) is 5.91 Å². The molecule has 116 valence electrons. The van der Waals surface area contributed by atoms with Crippen molar-refractivity contribution in [3.8, 4) is 0 Å². The second kappa shape index (κ2) is 7.02. The predicted octanol–water partition coefficient (Wildman–Crippen LogP) is 4.02. The third-order valence-corrected chi connectivity index (χ3v) is 3.50. The van der Waals surface area contributed by atoms with Crippen LogP contribution in [0.2, 0.25) is 0 Å². The largest absolute Gasteiger partial charge is 0.384 e. The number of amides is 1. The van der Waals surface area contributed by atoms with Crippen molar-refractivity contribution < 1.29 is 13.6 Å². The highest BCUT2D eigenvalue weighted by molar-refractivity contribution is 5.91. The van der Waals surface area contributed by atoms with Crippen molar-refractivity contribution in [1.82, 2.24) is 0 Å². The summed E-state index contributed by atoms with van der Waals surface area (Å²) in [5.41, 5.74) is 2.81. The van der Waals surface area contributed by atoms with E-state index in [1.165, 1.54) is 6.07 Å². The van der Waals surface area contributed by atoms with Crippen molar-refractivity contribution in [3.63, 3.8) is 0 Å². The molecule has 0 aliphatic carbocycles. The first-order valence-corrected chi connectivity index (χ1v) is 7.03. The van der Waals surface area contributed by atoms with Gasteiger partial charge in [-0.1, -0.05) is 18.2 Å². The second-order valence-electron chi connectivity index (χ2n) is 5.07. The summed E-state index contributed by atoms with van der Waals surface area (Å²) >= 11 is 0. The fourth-order valence-electron chi connectivity index (χ4n) is 2.07. The molecular weight excluding hydrogens is 286 g/mol. The van der Waals surface area contributed by atoms with Crippen molar-refractivity contribution in [2.24, 2.45) is 0 Å². The minimum Gasteiger partial charge on any atom is -0.384 e. The van der Waals surface area contributed by atoms with Crippen molar-refractivity contribution in [2.45, 2.75) is 20.3 Å². The molecule has 0 radical (unpaired) electrons. The highest BCUT2D eigenvalue weighted by Gasteiger charge is 2.11. The van der Waals surface area contributed by atoms with Crippen molar-refractivity contribution in [1.29, 1.82) is 0 Å². The molecule has 0 saturated carbocycles. The van der Waals surface area contributed by atoms with Crippen LogP contribution in [0.15, 0.2) is 36.4 Å². The number of rotatable bonds is 5. The van der Waals surface area contributed by atoms with Gasteiger partial charge in [-0.25, -0.2) is 8.78 Å². The third-order valence-electron chi connectivity index (χ3n) is 3.50. The number of halogens is 2. The lowest BCUT2D eigenvalue weighted by molar-refractivity contribution is -0.116. The van der Waals surface area contributed by atoms with Gasteiger partial charge in [0.15, 0.2) is 0 Å². The van der Waals surface area contributed by atoms with Gasteiger partial charge in [-0.3, -0.25) is 4.79 Å². The molecule has 0 unspecified atom stereocenters. The van der Waals surface area contributed by atoms with Crippen molar-refractivity contribution in [2.75, 3.05) is 17.2 Å². The van der Waals surface area contributed by atoms with Crippen LogP contribution in [0.25, 0.3) is 0 Å².